The smallest absolute Gasteiger partial charge is 0.251 e. The molecule has 1 aliphatic heterocycles. The molecule has 2 amide bonds. The first kappa shape index (κ1) is 25.0. The van der Waals surface area contributed by atoms with E-state index in [1.807, 2.05) is 144 Å². The van der Waals surface area contributed by atoms with Gasteiger partial charge in [-0.2, -0.15) is 0 Å². The van der Waals surface area contributed by atoms with Crippen molar-refractivity contribution in [3.63, 3.8) is 0 Å². The largest absolute Gasteiger partial charge is 0.306 e. The van der Waals surface area contributed by atoms with Gasteiger partial charge in [-0.1, -0.05) is 97.1 Å². The van der Waals surface area contributed by atoms with Crippen molar-refractivity contribution in [1.29, 1.82) is 0 Å². The number of hydrogen-bond acceptors (Lipinski definition) is 2. The Morgan fingerprint density at radius 1 is 0.711 bits per heavy atom. The van der Waals surface area contributed by atoms with Crippen molar-refractivity contribution in [3.05, 3.63) is 144 Å². The van der Waals surface area contributed by atoms with E-state index in [2.05, 4.69) is 0 Å². The number of nitrogens with zero attached hydrogens (tertiary/aromatic N) is 2. The maximum atomic E-state index is 13.8. The van der Waals surface area contributed by atoms with Crippen molar-refractivity contribution in [3.8, 4) is 0 Å². The van der Waals surface area contributed by atoms with E-state index in [0.717, 1.165) is 28.1 Å². The zero-order valence-electron chi connectivity index (χ0n) is 21.4. The van der Waals surface area contributed by atoms with Crippen LogP contribution in [0.15, 0.2) is 127 Å². The van der Waals surface area contributed by atoms with Crippen LogP contribution in [-0.2, 0) is 9.59 Å². The van der Waals surface area contributed by atoms with Crippen LogP contribution in [0.1, 0.15) is 36.1 Å². The van der Waals surface area contributed by atoms with Crippen molar-refractivity contribution >= 4 is 35.3 Å². The SMILES string of the molecule is C[C@@H]1C[C@H](N(C(=O)/C=C\c2ccccc2)c2ccccc2)c2ccccc2N1C(=O)/C=C/c1ccccc1. The number of rotatable bonds is 6. The molecule has 4 nitrogen and oxygen atoms in total. The average Bonchev–Trinajstić information content (AvgIpc) is 2.96. The van der Waals surface area contributed by atoms with Gasteiger partial charge in [0.25, 0.3) is 11.8 Å². The van der Waals surface area contributed by atoms with E-state index < -0.39 is 0 Å². The van der Waals surface area contributed by atoms with Crippen LogP contribution in [0, 0.1) is 0 Å². The summed E-state index contributed by atoms with van der Waals surface area (Å²) in [5.41, 5.74) is 4.55. The highest BCUT2D eigenvalue weighted by atomic mass is 16.2. The second-order valence-corrected chi connectivity index (χ2v) is 9.40. The lowest BCUT2D eigenvalue weighted by Crippen LogP contribution is -2.47. The Hall–Kier alpha value is -4.70. The molecule has 0 spiro atoms. The summed E-state index contributed by atoms with van der Waals surface area (Å²) < 4.78 is 0. The van der Waals surface area contributed by atoms with Crippen LogP contribution in [0.25, 0.3) is 12.2 Å². The second-order valence-electron chi connectivity index (χ2n) is 9.40. The van der Waals surface area contributed by atoms with Gasteiger partial charge in [0.1, 0.15) is 0 Å². The molecule has 4 aromatic carbocycles. The summed E-state index contributed by atoms with van der Waals surface area (Å²) in [6.07, 6.45) is 7.57. The molecule has 0 radical (unpaired) electrons. The first-order valence-electron chi connectivity index (χ1n) is 12.9. The monoisotopic (exact) mass is 498 g/mol. The molecule has 4 heteroatoms. The number of hydrogen-bond donors (Lipinski definition) is 0. The standard InChI is InChI=1S/C34H30N2O2/c1-26-25-32(36(29-17-9-4-10-18-29)34(38)24-22-28-15-7-3-8-16-28)30-19-11-12-20-31(30)35(26)33(37)23-21-27-13-5-2-6-14-27/h2-24,26,32H,25H2,1H3/b23-21+,24-22-/t26-,32+/m1/s1. The predicted molar refractivity (Wildman–Crippen MR) is 156 cm³/mol. The van der Waals surface area contributed by atoms with Crippen molar-refractivity contribution in [2.24, 2.45) is 0 Å². The highest BCUT2D eigenvalue weighted by Gasteiger charge is 2.37. The van der Waals surface area contributed by atoms with Crippen LogP contribution in [0.4, 0.5) is 11.4 Å². The molecule has 0 bridgehead atoms. The minimum absolute atomic E-state index is 0.0752. The zero-order chi connectivity index (χ0) is 26.3. The van der Waals surface area contributed by atoms with Gasteiger partial charge in [-0.25, -0.2) is 0 Å². The van der Waals surface area contributed by atoms with Gasteiger partial charge in [-0.15, -0.1) is 0 Å². The summed E-state index contributed by atoms with van der Waals surface area (Å²) in [6.45, 7) is 2.05. The molecule has 2 atom stereocenters. The molecule has 4 aromatic rings. The van der Waals surface area contributed by atoms with Crippen LogP contribution < -0.4 is 9.80 Å². The molecule has 0 saturated heterocycles. The van der Waals surface area contributed by atoms with Gasteiger partial charge in [-0.3, -0.25) is 9.59 Å². The summed E-state index contributed by atoms with van der Waals surface area (Å²) in [6, 6.07) is 36.9. The normalized spacial score (nSPS) is 16.9. The number of fused-ring (bicyclic) bond motifs is 1. The van der Waals surface area contributed by atoms with E-state index >= 15 is 0 Å². The quantitative estimate of drug-likeness (QED) is 0.262. The Kier molecular flexibility index (Phi) is 7.60. The van der Waals surface area contributed by atoms with Gasteiger partial charge >= 0.3 is 0 Å². The second kappa shape index (κ2) is 11.6. The van der Waals surface area contributed by atoms with Gasteiger partial charge in [0, 0.05) is 29.6 Å². The fourth-order valence-electron chi connectivity index (χ4n) is 5.04. The highest BCUT2D eigenvalue weighted by Crippen LogP contribution is 2.42. The van der Waals surface area contributed by atoms with E-state index in [-0.39, 0.29) is 23.9 Å². The number of anilines is 2. The fraction of sp³-hybridized carbons (Fsp3) is 0.118. The average molecular weight is 499 g/mol. The number of carbonyl (C=O) groups excluding carboxylic acids is 2. The van der Waals surface area contributed by atoms with Crippen molar-refractivity contribution in [2.45, 2.75) is 25.4 Å². The molecule has 0 N–H and O–H groups in total. The summed E-state index contributed by atoms with van der Waals surface area (Å²) in [7, 11) is 0. The third kappa shape index (κ3) is 5.50. The van der Waals surface area contributed by atoms with Crippen molar-refractivity contribution in [2.75, 3.05) is 9.80 Å². The third-order valence-corrected chi connectivity index (χ3v) is 6.82. The minimum atomic E-state index is -0.223. The molecule has 188 valence electrons. The van der Waals surface area contributed by atoms with E-state index in [4.69, 9.17) is 0 Å². The lowest BCUT2D eigenvalue weighted by atomic mass is 9.89. The lowest BCUT2D eigenvalue weighted by Gasteiger charge is -2.43. The van der Waals surface area contributed by atoms with Crippen LogP contribution in [0.3, 0.4) is 0 Å². The predicted octanol–water partition coefficient (Wildman–Crippen LogP) is 7.31. The van der Waals surface area contributed by atoms with Gasteiger partial charge in [-0.05, 0) is 60.4 Å². The van der Waals surface area contributed by atoms with E-state index in [0.29, 0.717) is 6.42 Å². The summed E-state index contributed by atoms with van der Waals surface area (Å²) in [5, 5.41) is 0. The number of carbonyl (C=O) groups is 2. The van der Waals surface area contributed by atoms with Crippen molar-refractivity contribution < 1.29 is 9.59 Å². The van der Waals surface area contributed by atoms with Crippen LogP contribution in [-0.4, -0.2) is 17.9 Å². The topological polar surface area (TPSA) is 40.6 Å². The highest BCUT2D eigenvalue weighted by molar-refractivity contribution is 6.07. The molecule has 0 aliphatic carbocycles. The maximum absolute atomic E-state index is 13.8. The maximum Gasteiger partial charge on any atom is 0.251 e. The Labute approximate surface area is 224 Å². The Bertz CT molecular complexity index is 1450. The minimum Gasteiger partial charge on any atom is -0.306 e. The molecule has 1 heterocycles. The number of amides is 2. The van der Waals surface area contributed by atoms with Gasteiger partial charge in [0.15, 0.2) is 0 Å². The van der Waals surface area contributed by atoms with Crippen LogP contribution >= 0.6 is 0 Å². The van der Waals surface area contributed by atoms with Gasteiger partial charge in [0.05, 0.1) is 6.04 Å². The molecule has 38 heavy (non-hydrogen) atoms. The number of para-hydroxylation sites is 2. The molecule has 0 unspecified atom stereocenters. The molecule has 0 saturated carbocycles. The van der Waals surface area contributed by atoms with Crippen LogP contribution in [0.5, 0.6) is 0 Å². The molecule has 0 aromatic heterocycles. The molecular weight excluding hydrogens is 468 g/mol. The fourth-order valence-corrected chi connectivity index (χ4v) is 5.04. The van der Waals surface area contributed by atoms with Gasteiger partial charge < -0.3 is 9.80 Å². The Morgan fingerprint density at radius 3 is 1.87 bits per heavy atom. The van der Waals surface area contributed by atoms with Crippen LogP contribution in [0.2, 0.25) is 0 Å². The lowest BCUT2D eigenvalue weighted by molar-refractivity contribution is -0.114. The van der Waals surface area contributed by atoms with E-state index in [1.165, 1.54) is 0 Å². The van der Waals surface area contributed by atoms with Crippen molar-refractivity contribution in [1.82, 2.24) is 0 Å². The zero-order valence-corrected chi connectivity index (χ0v) is 21.4. The first-order chi connectivity index (χ1) is 18.6. The Balaban J connectivity index is 1.50. The third-order valence-electron chi connectivity index (χ3n) is 6.82. The van der Waals surface area contributed by atoms with E-state index in [1.54, 1.807) is 12.2 Å². The summed E-state index contributed by atoms with van der Waals surface area (Å²) in [5.74, 6) is -0.176. The van der Waals surface area contributed by atoms with Gasteiger partial charge in [0.2, 0.25) is 0 Å². The molecule has 1 aliphatic rings. The molecular formula is C34H30N2O2. The number of benzene rings is 4. The molecule has 0 fully saturated rings. The summed E-state index contributed by atoms with van der Waals surface area (Å²) in [4.78, 5) is 30.9. The molecule has 5 rings (SSSR count). The summed E-state index contributed by atoms with van der Waals surface area (Å²) >= 11 is 0. The Morgan fingerprint density at radius 2 is 1.24 bits per heavy atom. The first-order valence-corrected chi connectivity index (χ1v) is 12.9. The van der Waals surface area contributed by atoms with E-state index in [9.17, 15) is 9.59 Å².